The molecule has 2 rings (SSSR count). The molecule has 0 radical (unpaired) electrons. The van der Waals surface area contributed by atoms with Crippen LogP contribution in [0, 0.1) is 0 Å². The Balaban J connectivity index is 2.81. The maximum absolute atomic E-state index is 10.9. The van der Waals surface area contributed by atoms with E-state index in [2.05, 4.69) is 10.2 Å². The summed E-state index contributed by atoms with van der Waals surface area (Å²) in [5.74, 6) is -2.56. The van der Waals surface area contributed by atoms with Gasteiger partial charge in [-0.15, -0.1) is 0 Å². The summed E-state index contributed by atoms with van der Waals surface area (Å²) in [6.07, 6.45) is 2.76. The molecule has 0 atom stereocenters. The third-order valence-electron chi connectivity index (χ3n) is 2.14. The molecule has 0 saturated heterocycles. The van der Waals surface area contributed by atoms with Gasteiger partial charge < -0.3 is 10.2 Å². The minimum absolute atomic E-state index is 0.256. The molecule has 1 aromatic heterocycles. The first-order valence-corrected chi connectivity index (χ1v) is 4.30. The van der Waals surface area contributed by atoms with E-state index in [1.165, 1.54) is 24.5 Å². The molecule has 6 nitrogen and oxygen atoms in total. The number of rotatable bonds is 2. The number of aromatic carboxylic acids is 2. The van der Waals surface area contributed by atoms with E-state index in [-0.39, 0.29) is 11.1 Å². The fraction of sp³-hybridized carbons (Fsp3) is 0. The van der Waals surface area contributed by atoms with Crippen molar-refractivity contribution < 1.29 is 19.8 Å². The topological polar surface area (TPSA) is 100 Å². The van der Waals surface area contributed by atoms with E-state index in [0.29, 0.717) is 10.8 Å². The molecule has 0 saturated carbocycles. The highest BCUT2D eigenvalue weighted by Gasteiger charge is 2.16. The van der Waals surface area contributed by atoms with Crippen LogP contribution in [0.15, 0.2) is 24.5 Å². The molecule has 0 aliphatic heterocycles. The first-order valence-electron chi connectivity index (χ1n) is 4.30. The van der Waals surface area contributed by atoms with Crippen LogP contribution in [-0.2, 0) is 0 Å². The summed E-state index contributed by atoms with van der Waals surface area (Å²) in [5, 5.41) is 26.0. The highest BCUT2D eigenvalue weighted by atomic mass is 16.4. The van der Waals surface area contributed by atoms with E-state index in [1.807, 2.05) is 0 Å². The van der Waals surface area contributed by atoms with Gasteiger partial charge in [0.05, 0.1) is 23.5 Å². The van der Waals surface area contributed by atoms with E-state index in [4.69, 9.17) is 10.2 Å². The van der Waals surface area contributed by atoms with Gasteiger partial charge in [-0.2, -0.15) is 10.2 Å². The summed E-state index contributed by atoms with van der Waals surface area (Å²) < 4.78 is 0. The number of carboxylic acid groups (broad SMARTS) is 2. The average molecular weight is 218 g/mol. The molecule has 6 heteroatoms. The van der Waals surface area contributed by atoms with Crippen LogP contribution in [0.4, 0.5) is 0 Å². The number of carboxylic acids is 2. The van der Waals surface area contributed by atoms with Crippen LogP contribution in [0.2, 0.25) is 0 Å². The third kappa shape index (κ3) is 1.56. The fourth-order valence-corrected chi connectivity index (χ4v) is 1.40. The van der Waals surface area contributed by atoms with E-state index in [9.17, 15) is 9.59 Å². The zero-order valence-corrected chi connectivity index (χ0v) is 7.91. The first-order chi connectivity index (χ1) is 7.59. The molecular formula is C10H6N2O4. The van der Waals surface area contributed by atoms with E-state index >= 15 is 0 Å². The molecule has 1 aromatic carbocycles. The number of fused-ring (bicyclic) bond motifs is 1. The summed E-state index contributed by atoms with van der Waals surface area (Å²) in [7, 11) is 0. The fourth-order valence-electron chi connectivity index (χ4n) is 1.40. The maximum Gasteiger partial charge on any atom is 0.336 e. The minimum Gasteiger partial charge on any atom is -0.478 e. The van der Waals surface area contributed by atoms with E-state index < -0.39 is 11.9 Å². The molecule has 2 aromatic rings. The molecule has 16 heavy (non-hydrogen) atoms. The SMILES string of the molecule is O=C(O)c1cc2cnncc2cc1C(=O)O. The van der Waals surface area contributed by atoms with Gasteiger partial charge in [0.1, 0.15) is 0 Å². The van der Waals surface area contributed by atoms with Crippen molar-refractivity contribution >= 4 is 22.7 Å². The molecule has 80 valence electrons. The molecule has 0 spiro atoms. The normalized spacial score (nSPS) is 10.2. The van der Waals surface area contributed by atoms with Gasteiger partial charge in [-0.1, -0.05) is 0 Å². The van der Waals surface area contributed by atoms with Gasteiger partial charge in [-0.05, 0) is 12.1 Å². The van der Waals surface area contributed by atoms with Gasteiger partial charge in [0.25, 0.3) is 0 Å². The quantitative estimate of drug-likeness (QED) is 0.780. The second kappa shape index (κ2) is 3.58. The molecule has 0 bridgehead atoms. The summed E-state index contributed by atoms with van der Waals surface area (Å²) in [5.41, 5.74) is -0.513. The molecule has 1 heterocycles. The third-order valence-corrected chi connectivity index (χ3v) is 2.14. The van der Waals surface area contributed by atoms with Crippen molar-refractivity contribution in [3.8, 4) is 0 Å². The number of hydrogen-bond donors (Lipinski definition) is 2. The summed E-state index contributed by atoms with van der Waals surface area (Å²) >= 11 is 0. The lowest BCUT2D eigenvalue weighted by Gasteiger charge is -2.03. The van der Waals surface area contributed by atoms with Crippen LogP contribution in [0.1, 0.15) is 20.7 Å². The van der Waals surface area contributed by atoms with Gasteiger partial charge in [0, 0.05) is 10.8 Å². The Morgan fingerprint density at radius 2 is 1.25 bits per heavy atom. The molecule has 2 N–H and O–H groups in total. The Kier molecular flexibility index (Phi) is 2.24. The highest BCUT2D eigenvalue weighted by Crippen LogP contribution is 2.18. The molecule has 0 fully saturated rings. The van der Waals surface area contributed by atoms with Crippen LogP contribution >= 0.6 is 0 Å². The molecular weight excluding hydrogens is 212 g/mol. The van der Waals surface area contributed by atoms with Crippen LogP contribution in [0.5, 0.6) is 0 Å². The first kappa shape index (κ1) is 10.0. The zero-order valence-electron chi connectivity index (χ0n) is 7.91. The molecule has 0 unspecified atom stereocenters. The van der Waals surface area contributed by atoms with Crippen molar-refractivity contribution in [2.24, 2.45) is 0 Å². The maximum atomic E-state index is 10.9. The van der Waals surface area contributed by atoms with Crippen LogP contribution in [0.3, 0.4) is 0 Å². The minimum atomic E-state index is -1.28. The summed E-state index contributed by atoms with van der Waals surface area (Å²) in [6.45, 7) is 0. The van der Waals surface area contributed by atoms with Crippen molar-refractivity contribution in [2.75, 3.05) is 0 Å². The smallest absolute Gasteiger partial charge is 0.336 e. The van der Waals surface area contributed by atoms with E-state index in [0.717, 1.165) is 0 Å². The second-order valence-corrected chi connectivity index (χ2v) is 3.13. The van der Waals surface area contributed by atoms with Crippen molar-refractivity contribution in [3.05, 3.63) is 35.7 Å². The Bertz CT molecular complexity index is 542. The number of carbonyl (C=O) groups is 2. The van der Waals surface area contributed by atoms with Gasteiger partial charge >= 0.3 is 11.9 Å². The van der Waals surface area contributed by atoms with Gasteiger partial charge in [-0.3, -0.25) is 0 Å². The Hall–Kier alpha value is -2.50. The lowest BCUT2D eigenvalue weighted by molar-refractivity contribution is 0.0652. The Morgan fingerprint density at radius 3 is 1.56 bits per heavy atom. The molecule has 0 amide bonds. The van der Waals surface area contributed by atoms with Gasteiger partial charge in [0.15, 0.2) is 0 Å². The Morgan fingerprint density at radius 1 is 0.875 bits per heavy atom. The summed E-state index contributed by atoms with van der Waals surface area (Å²) in [4.78, 5) is 21.7. The number of benzene rings is 1. The highest BCUT2D eigenvalue weighted by molar-refractivity contribution is 6.05. The van der Waals surface area contributed by atoms with Crippen LogP contribution in [-0.4, -0.2) is 32.3 Å². The van der Waals surface area contributed by atoms with Crippen molar-refractivity contribution in [2.45, 2.75) is 0 Å². The predicted octanol–water partition coefficient (Wildman–Crippen LogP) is 1.03. The monoisotopic (exact) mass is 218 g/mol. The second-order valence-electron chi connectivity index (χ2n) is 3.13. The Labute approximate surface area is 89.2 Å². The summed E-state index contributed by atoms with van der Waals surface area (Å²) in [6, 6.07) is 2.55. The van der Waals surface area contributed by atoms with Crippen LogP contribution in [0.25, 0.3) is 10.8 Å². The lowest BCUT2D eigenvalue weighted by Crippen LogP contribution is -2.08. The van der Waals surface area contributed by atoms with Crippen molar-refractivity contribution in [1.29, 1.82) is 0 Å². The van der Waals surface area contributed by atoms with Gasteiger partial charge in [0.2, 0.25) is 0 Å². The van der Waals surface area contributed by atoms with Crippen molar-refractivity contribution in [3.63, 3.8) is 0 Å². The number of nitrogens with zero attached hydrogens (tertiary/aromatic N) is 2. The average Bonchev–Trinajstić information content (AvgIpc) is 2.27. The number of aromatic nitrogens is 2. The molecule has 0 aliphatic carbocycles. The van der Waals surface area contributed by atoms with E-state index in [1.54, 1.807) is 0 Å². The van der Waals surface area contributed by atoms with Gasteiger partial charge in [-0.25, -0.2) is 9.59 Å². The zero-order chi connectivity index (χ0) is 11.7. The standard InChI is InChI=1S/C10H6N2O4/c13-9(14)7-1-5-3-11-12-4-6(5)2-8(7)10(15)16/h1-4H,(H,13,14)(H,15,16). The van der Waals surface area contributed by atoms with Crippen molar-refractivity contribution in [1.82, 2.24) is 10.2 Å². The molecule has 0 aliphatic rings. The predicted molar refractivity (Wildman–Crippen MR) is 53.5 cm³/mol. The lowest BCUT2D eigenvalue weighted by atomic mass is 10.0. The largest absolute Gasteiger partial charge is 0.478 e. The van der Waals surface area contributed by atoms with Crippen LogP contribution < -0.4 is 0 Å². The number of hydrogen-bond acceptors (Lipinski definition) is 4.